The maximum Gasteiger partial charge on any atom is 0.269 e. The molecule has 156 valence electrons. The Hall–Kier alpha value is -2.94. The summed E-state index contributed by atoms with van der Waals surface area (Å²) in [5, 5.41) is 1.93. The molecular weight excluding hydrogens is 418 g/mol. The van der Waals surface area contributed by atoms with Gasteiger partial charge in [-0.05, 0) is 48.2 Å². The van der Waals surface area contributed by atoms with Crippen LogP contribution in [0.3, 0.4) is 0 Å². The van der Waals surface area contributed by atoms with Crippen molar-refractivity contribution < 1.29 is 13.2 Å². The number of carbonyl (C=O) groups is 1. The Kier molecular flexibility index (Phi) is 6.71. The van der Waals surface area contributed by atoms with E-state index in [0.29, 0.717) is 11.3 Å². The zero-order chi connectivity index (χ0) is 21.7. The fraction of sp³-hybridized carbons (Fsp3) is 0.136. The maximum absolute atomic E-state index is 12.7. The molecule has 3 rings (SSSR count). The van der Waals surface area contributed by atoms with Crippen molar-refractivity contribution in [3.63, 3.8) is 0 Å². The van der Waals surface area contributed by atoms with Crippen LogP contribution >= 0.6 is 11.3 Å². The number of carbonyl (C=O) groups excluding carboxylic acids is 1. The third-order valence-electron chi connectivity index (χ3n) is 4.50. The fourth-order valence-electron chi connectivity index (χ4n) is 2.71. The van der Waals surface area contributed by atoms with E-state index < -0.39 is 10.0 Å². The summed E-state index contributed by atoms with van der Waals surface area (Å²) in [5.74, 6) is -0.306. The summed E-state index contributed by atoms with van der Waals surface area (Å²) in [5.41, 5.74) is 8.25. The van der Waals surface area contributed by atoms with Crippen molar-refractivity contribution in [3.05, 3.63) is 94.2 Å². The molecule has 0 spiro atoms. The summed E-state index contributed by atoms with van der Waals surface area (Å²) in [4.78, 5) is 13.5. The van der Waals surface area contributed by atoms with Gasteiger partial charge in [0.1, 0.15) is 0 Å². The number of amides is 1. The number of nitrogens with one attached hydrogen (secondary N) is 2. The van der Waals surface area contributed by atoms with E-state index in [0.717, 1.165) is 16.0 Å². The van der Waals surface area contributed by atoms with E-state index in [1.165, 1.54) is 22.7 Å². The molecule has 1 amide bonds. The third-order valence-corrected chi connectivity index (χ3v) is 7.24. The monoisotopic (exact) mass is 441 g/mol. The summed E-state index contributed by atoms with van der Waals surface area (Å²) < 4.78 is 26.7. The van der Waals surface area contributed by atoms with Crippen molar-refractivity contribution >= 4 is 33.0 Å². The summed E-state index contributed by atoms with van der Waals surface area (Å²) in [6.07, 6.45) is 0. The number of aryl methyl sites for hydroxylation is 1. The normalized spacial score (nSPS) is 11.3. The third kappa shape index (κ3) is 5.15. The molecule has 2 N–H and O–H groups in total. The second-order valence-electron chi connectivity index (χ2n) is 6.81. The number of rotatable bonds is 8. The SMILES string of the molecule is C=C(NNC(=O)c1ccc(CN(C)S(=O)(=O)c2ccc(C)cc2)cc1)c1cccs1. The van der Waals surface area contributed by atoms with Gasteiger partial charge in [0.15, 0.2) is 0 Å². The lowest BCUT2D eigenvalue weighted by molar-refractivity contribution is 0.0942. The highest BCUT2D eigenvalue weighted by atomic mass is 32.2. The van der Waals surface area contributed by atoms with Gasteiger partial charge in [0.2, 0.25) is 10.0 Å². The lowest BCUT2D eigenvalue weighted by Crippen LogP contribution is -2.35. The molecule has 1 aromatic heterocycles. The molecule has 6 nitrogen and oxygen atoms in total. The molecule has 1 heterocycles. The highest BCUT2D eigenvalue weighted by Gasteiger charge is 2.20. The summed E-state index contributed by atoms with van der Waals surface area (Å²) in [7, 11) is -2.05. The van der Waals surface area contributed by atoms with Gasteiger partial charge >= 0.3 is 0 Å². The molecule has 0 aliphatic rings. The van der Waals surface area contributed by atoms with Crippen LogP contribution < -0.4 is 10.9 Å². The van der Waals surface area contributed by atoms with E-state index in [-0.39, 0.29) is 17.3 Å². The van der Waals surface area contributed by atoms with Crippen LogP contribution in [0, 0.1) is 6.92 Å². The molecule has 30 heavy (non-hydrogen) atoms. The zero-order valence-electron chi connectivity index (χ0n) is 16.8. The number of benzene rings is 2. The predicted octanol–water partition coefficient (Wildman–Crippen LogP) is 3.78. The highest BCUT2D eigenvalue weighted by molar-refractivity contribution is 7.89. The van der Waals surface area contributed by atoms with Gasteiger partial charge in [-0.15, -0.1) is 11.3 Å². The van der Waals surface area contributed by atoms with Gasteiger partial charge in [0.25, 0.3) is 5.91 Å². The van der Waals surface area contributed by atoms with E-state index in [4.69, 9.17) is 0 Å². The minimum Gasteiger partial charge on any atom is -0.298 e. The van der Waals surface area contributed by atoms with Gasteiger partial charge in [0, 0.05) is 19.2 Å². The molecule has 0 unspecified atom stereocenters. The van der Waals surface area contributed by atoms with Crippen molar-refractivity contribution in [1.82, 2.24) is 15.2 Å². The Morgan fingerprint density at radius 3 is 2.30 bits per heavy atom. The molecular formula is C22H23N3O3S2. The largest absolute Gasteiger partial charge is 0.298 e. The van der Waals surface area contributed by atoms with E-state index in [2.05, 4.69) is 17.4 Å². The minimum atomic E-state index is -3.58. The molecule has 0 aliphatic heterocycles. The van der Waals surface area contributed by atoms with Crippen LogP contribution in [-0.2, 0) is 16.6 Å². The molecule has 0 aliphatic carbocycles. The number of hydrazine groups is 1. The first-order chi connectivity index (χ1) is 14.3. The Balaban J connectivity index is 1.60. The first-order valence-electron chi connectivity index (χ1n) is 9.18. The molecule has 8 heteroatoms. The summed E-state index contributed by atoms with van der Waals surface area (Å²) in [6, 6.07) is 17.4. The van der Waals surface area contributed by atoms with Crippen molar-refractivity contribution in [3.8, 4) is 0 Å². The van der Waals surface area contributed by atoms with Crippen molar-refractivity contribution in [2.45, 2.75) is 18.4 Å². The standard InChI is InChI=1S/C22H23N3O3S2/c1-16-6-12-20(13-7-16)30(27,28)25(3)15-18-8-10-19(11-9-18)22(26)24-23-17(2)21-5-4-14-29-21/h4-14,23H,2,15H2,1,3H3,(H,24,26). The number of thiophene rings is 1. The van der Waals surface area contributed by atoms with Gasteiger partial charge < -0.3 is 0 Å². The van der Waals surface area contributed by atoms with E-state index in [9.17, 15) is 13.2 Å². The molecule has 2 aromatic carbocycles. The maximum atomic E-state index is 12.7. The minimum absolute atomic E-state index is 0.200. The van der Waals surface area contributed by atoms with Crippen LogP contribution in [0.5, 0.6) is 0 Å². The molecule has 0 atom stereocenters. The summed E-state index contributed by atoms with van der Waals surface area (Å²) in [6.45, 7) is 5.99. The second kappa shape index (κ2) is 9.25. The number of sulfonamides is 1. The quantitative estimate of drug-likeness (QED) is 0.522. The average Bonchev–Trinajstić information content (AvgIpc) is 3.27. The van der Waals surface area contributed by atoms with Crippen molar-refractivity contribution in [1.29, 1.82) is 0 Å². The van der Waals surface area contributed by atoms with Crippen LogP contribution in [0.4, 0.5) is 0 Å². The Labute approximate surface area is 180 Å². The predicted molar refractivity (Wildman–Crippen MR) is 120 cm³/mol. The Bertz CT molecular complexity index is 1120. The van der Waals surface area contributed by atoms with Gasteiger partial charge in [-0.3, -0.25) is 15.6 Å². The Morgan fingerprint density at radius 1 is 1.03 bits per heavy atom. The van der Waals surface area contributed by atoms with Gasteiger partial charge in [-0.1, -0.05) is 42.5 Å². The van der Waals surface area contributed by atoms with E-state index in [1.807, 2.05) is 24.4 Å². The topological polar surface area (TPSA) is 78.5 Å². The van der Waals surface area contributed by atoms with Gasteiger partial charge in [-0.2, -0.15) is 4.31 Å². The van der Waals surface area contributed by atoms with Gasteiger partial charge in [0.05, 0.1) is 15.5 Å². The smallest absolute Gasteiger partial charge is 0.269 e. The molecule has 0 saturated heterocycles. The van der Waals surface area contributed by atoms with E-state index >= 15 is 0 Å². The van der Waals surface area contributed by atoms with Crippen LogP contribution in [0.25, 0.3) is 5.70 Å². The number of nitrogens with zero attached hydrogens (tertiary/aromatic N) is 1. The molecule has 0 radical (unpaired) electrons. The highest BCUT2D eigenvalue weighted by Crippen LogP contribution is 2.18. The van der Waals surface area contributed by atoms with Crippen LogP contribution in [-0.4, -0.2) is 25.7 Å². The van der Waals surface area contributed by atoms with Crippen molar-refractivity contribution in [2.24, 2.45) is 0 Å². The molecule has 3 aromatic rings. The zero-order valence-corrected chi connectivity index (χ0v) is 18.4. The Morgan fingerprint density at radius 2 is 1.70 bits per heavy atom. The first-order valence-corrected chi connectivity index (χ1v) is 11.5. The van der Waals surface area contributed by atoms with E-state index in [1.54, 1.807) is 48.5 Å². The lowest BCUT2D eigenvalue weighted by atomic mass is 10.1. The first kappa shape index (κ1) is 21.8. The molecule has 0 bridgehead atoms. The van der Waals surface area contributed by atoms with Crippen LogP contribution in [0.1, 0.15) is 26.4 Å². The number of hydrogen-bond donors (Lipinski definition) is 2. The van der Waals surface area contributed by atoms with Gasteiger partial charge in [-0.25, -0.2) is 8.42 Å². The average molecular weight is 442 g/mol. The second-order valence-corrected chi connectivity index (χ2v) is 9.80. The number of hydrogen-bond acceptors (Lipinski definition) is 5. The van der Waals surface area contributed by atoms with Crippen LogP contribution in [0.15, 0.2) is 77.5 Å². The fourth-order valence-corrected chi connectivity index (χ4v) is 4.52. The molecule has 0 saturated carbocycles. The van der Waals surface area contributed by atoms with Crippen molar-refractivity contribution in [2.75, 3.05) is 7.05 Å². The van der Waals surface area contributed by atoms with Crippen LogP contribution in [0.2, 0.25) is 0 Å². The molecule has 0 fully saturated rings. The summed E-state index contributed by atoms with van der Waals surface area (Å²) >= 11 is 1.52. The lowest BCUT2D eigenvalue weighted by Gasteiger charge is -2.17.